The van der Waals surface area contributed by atoms with E-state index in [4.69, 9.17) is 13.1 Å². The second-order valence-electron chi connectivity index (χ2n) is 11.4. The lowest BCUT2D eigenvalue weighted by atomic mass is 9.92. The molecule has 0 N–H and O–H groups in total. The largest absolute Gasteiger partial charge is 0.422 e. The molecule has 0 radical (unpaired) electrons. The Morgan fingerprint density at radius 1 is 0.706 bits per heavy atom. The van der Waals surface area contributed by atoms with Crippen molar-refractivity contribution in [2.75, 3.05) is 0 Å². The molecular weight excluding hydrogens is 677 g/mol. The Labute approximate surface area is 282 Å². The third-order valence-corrected chi connectivity index (χ3v) is 8.67. The van der Waals surface area contributed by atoms with Crippen molar-refractivity contribution in [3.05, 3.63) is 127 Å². The number of rotatable bonds is 2. The second-order valence-corrected chi connectivity index (χ2v) is 11.4. The predicted molar refractivity (Wildman–Crippen MR) is 165 cm³/mol. The summed E-state index contributed by atoms with van der Waals surface area (Å²) in [5.74, 6) is -5.46. The molecule has 0 saturated heterocycles. The zero-order valence-electron chi connectivity index (χ0n) is 25.6. The van der Waals surface area contributed by atoms with Gasteiger partial charge in [-0.1, -0.05) is 0 Å². The molecule has 2 aliphatic rings. The highest BCUT2D eigenvalue weighted by Gasteiger charge is 2.39. The van der Waals surface area contributed by atoms with Crippen LogP contribution in [0.3, 0.4) is 0 Å². The van der Waals surface area contributed by atoms with E-state index in [0.29, 0.717) is 23.4 Å². The summed E-state index contributed by atoms with van der Waals surface area (Å²) >= 11 is 0. The van der Waals surface area contributed by atoms with Crippen LogP contribution < -0.4 is 10.4 Å². The first kappa shape index (κ1) is 32.6. The number of hydrogen-bond acceptors (Lipinski definition) is 6. The number of benzene rings is 3. The summed E-state index contributed by atoms with van der Waals surface area (Å²) in [5, 5.41) is 20.3. The number of nitriles is 2. The minimum atomic E-state index is -5.32. The van der Waals surface area contributed by atoms with Crippen LogP contribution in [0.5, 0.6) is 0 Å². The number of aromatic nitrogens is 4. The van der Waals surface area contributed by atoms with E-state index in [-0.39, 0.29) is 85.3 Å². The fourth-order valence-corrected chi connectivity index (χ4v) is 6.42. The Bertz CT molecular complexity index is 2670. The predicted octanol–water partition coefficient (Wildman–Crippen LogP) is 6.73. The normalized spacial score (nSPS) is 13.5. The SMILES string of the molecule is [C-]#[N+]/C(C#N)=c1\c2c(/c(=C(/C#N)[N+]#[C-])c3c1Cc1ncc(-c4cc(F)c(C(F)(F)F)c(F)c4)nc1-3)-c1nc(-c3cc(F)c(C)c(F)c3)cnc1C2. The maximum atomic E-state index is 14.6. The van der Waals surface area contributed by atoms with E-state index in [1.807, 2.05) is 12.1 Å². The van der Waals surface area contributed by atoms with Gasteiger partial charge < -0.3 is 0 Å². The van der Waals surface area contributed by atoms with Gasteiger partial charge in [-0.2, -0.15) is 13.2 Å². The lowest BCUT2D eigenvalue weighted by Gasteiger charge is -2.13. The summed E-state index contributed by atoms with van der Waals surface area (Å²) in [5.41, 5.74) is -2.40. The van der Waals surface area contributed by atoms with Crippen molar-refractivity contribution < 1.29 is 30.7 Å². The highest BCUT2D eigenvalue weighted by molar-refractivity contribution is 5.91. The molecule has 2 heterocycles. The first-order valence-corrected chi connectivity index (χ1v) is 14.6. The molecule has 2 aromatic heterocycles. The highest BCUT2D eigenvalue weighted by Crippen LogP contribution is 2.40. The zero-order valence-corrected chi connectivity index (χ0v) is 25.6. The van der Waals surface area contributed by atoms with Gasteiger partial charge in [0.1, 0.15) is 28.8 Å². The smallest absolute Gasteiger partial charge is 0.256 e. The van der Waals surface area contributed by atoms with Gasteiger partial charge in [0.25, 0.3) is 11.4 Å². The van der Waals surface area contributed by atoms with Crippen molar-refractivity contribution in [1.29, 1.82) is 10.5 Å². The van der Waals surface area contributed by atoms with Crippen LogP contribution in [-0.4, -0.2) is 19.9 Å². The van der Waals surface area contributed by atoms with Gasteiger partial charge in [-0.3, -0.25) is 9.97 Å². The lowest BCUT2D eigenvalue weighted by molar-refractivity contribution is -0.142. The number of alkyl halides is 3. The number of halogens is 7. The molecule has 0 bridgehead atoms. The number of nitrogens with zero attached hydrogens (tertiary/aromatic N) is 8. The fourth-order valence-electron chi connectivity index (χ4n) is 6.42. The van der Waals surface area contributed by atoms with E-state index in [2.05, 4.69) is 29.6 Å². The molecule has 0 spiro atoms. The van der Waals surface area contributed by atoms with E-state index in [9.17, 15) is 41.3 Å². The fraction of sp³-hybridized carbons (Fsp3) is 0.111. The average molecular weight is 691 g/mol. The maximum Gasteiger partial charge on any atom is 0.422 e. The van der Waals surface area contributed by atoms with Gasteiger partial charge in [0, 0.05) is 51.1 Å². The van der Waals surface area contributed by atoms with E-state index in [0.717, 1.165) is 18.3 Å². The van der Waals surface area contributed by atoms with E-state index in [1.165, 1.54) is 13.1 Å². The molecular formula is C36H13F7N8. The summed E-state index contributed by atoms with van der Waals surface area (Å²) < 4.78 is 98.1. The van der Waals surface area contributed by atoms with E-state index >= 15 is 0 Å². The minimum absolute atomic E-state index is 0.0197. The monoisotopic (exact) mass is 690 g/mol. The molecule has 3 aromatic carbocycles. The van der Waals surface area contributed by atoms with Gasteiger partial charge in [0.05, 0.1) is 71.8 Å². The van der Waals surface area contributed by atoms with Gasteiger partial charge in [-0.05, 0) is 42.3 Å². The molecule has 5 aromatic rings. The van der Waals surface area contributed by atoms with Crippen molar-refractivity contribution in [2.45, 2.75) is 25.9 Å². The molecule has 0 fully saturated rings. The quantitative estimate of drug-likeness (QED) is 0.147. The van der Waals surface area contributed by atoms with Gasteiger partial charge >= 0.3 is 6.18 Å². The standard InChI is InChI=1S/C36H13F7N8/c1-14-19(37)4-15(5-20(14)38)27-12-48-23-8-17-29(25(10-44)46-2)18-9-24-35(31(18)32(26(11-45)47-3)30(17)34(23)50-27)51-28(13-49-24)16-6-21(39)33(22(40)7-16)36(41,42)43/h4-7,12-13H,8-9H2,1H3/b29-25+,32-26+. The van der Waals surface area contributed by atoms with Crippen molar-refractivity contribution >= 4 is 11.4 Å². The van der Waals surface area contributed by atoms with Crippen LogP contribution in [0.2, 0.25) is 0 Å². The summed E-state index contributed by atoms with van der Waals surface area (Å²) in [7, 11) is 0. The van der Waals surface area contributed by atoms with E-state index in [1.54, 1.807) is 0 Å². The van der Waals surface area contributed by atoms with Crippen molar-refractivity contribution in [2.24, 2.45) is 0 Å². The number of fused-ring (bicyclic) bond motifs is 6. The van der Waals surface area contributed by atoms with Crippen LogP contribution in [0.1, 0.15) is 33.6 Å². The lowest BCUT2D eigenvalue weighted by Crippen LogP contribution is -2.26. The van der Waals surface area contributed by atoms with Crippen LogP contribution in [0, 0.1) is 66.0 Å². The molecule has 0 aliphatic heterocycles. The van der Waals surface area contributed by atoms with Crippen molar-refractivity contribution in [3.63, 3.8) is 0 Å². The highest BCUT2D eigenvalue weighted by atomic mass is 19.4. The number of hydrogen-bond donors (Lipinski definition) is 0. The molecule has 0 unspecified atom stereocenters. The molecule has 8 nitrogen and oxygen atoms in total. The first-order valence-electron chi connectivity index (χ1n) is 14.6. The Hall–Kier alpha value is -6.97. The summed E-state index contributed by atoms with van der Waals surface area (Å²) in [6, 6.07) is 6.73. The molecule has 51 heavy (non-hydrogen) atoms. The van der Waals surface area contributed by atoms with Crippen LogP contribution in [-0.2, 0) is 19.0 Å². The van der Waals surface area contributed by atoms with Crippen LogP contribution in [0.15, 0.2) is 36.7 Å². The summed E-state index contributed by atoms with van der Waals surface area (Å²) in [6.45, 7) is 16.9. The van der Waals surface area contributed by atoms with Crippen LogP contribution in [0.25, 0.3) is 66.1 Å². The molecule has 0 saturated carbocycles. The Balaban J connectivity index is 1.58. The minimum Gasteiger partial charge on any atom is -0.256 e. The molecule has 246 valence electrons. The van der Waals surface area contributed by atoms with Crippen molar-refractivity contribution in [1.82, 2.24) is 19.9 Å². The third-order valence-electron chi connectivity index (χ3n) is 8.67. The first-order chi connectivity index (χ1) is 24.3. The molecule has 7 rings (SSSR count). The zero-order chi connectivity index (χ0) is 36.5. The van der Waals surface area contributed by atoms with Gasteiger partial charge in [-0.25, -0.2) is 47.7 Å². The van der Waals surface area contributed by atoms with Crippen LogP contribution >= 0.6 is 0 Å². The van der Waals surface area contributed by atoms with Gasteiger partial charge in [0.2, 0.25) is 0 Å². The van der Waals surface area contributed by atoms with Gasteiger partial charge in [-0.15, -0.1) is 0 Å². The summed E-state index contributed by atoms with van der Waals surface area (Å²) in [4.78, 5) is 24.7. The Morgan fingerprint density at radius 3 is 1.51 bits per heavy atom. The molecule has 15 heteroatoms. The molecule has 2 aliphatic carbocycles. The van der Waals surface area contributed by atoms with E-state index < -0.39 is 46.3 Å². The Morgan fingerprint density at radius 2 is 1.12 bits per heavy atom. The maximum absolute atomic E-state index is 14.6. The topological polar surface area (TPSA) is 108 Å². The third kappa shape index (κ3) is 4.95. The summed E-state index contributed by atoms with van der Waals surface area (Å²) in [6.07, 6.45) is -3.05. The molecule has 0 atom stereocenters. The van der Waals surface area contributed by atoms with Crippen molar-refractivity contribution in [3.8, 4) is 57.2 Å². The second kappa shape index (κ2) is 11.6. The average Bonchev–Trinajstić information content (AvgIpc) is 3.65. The Kier molecular flexibility index (Phi) is 7.39. The van der Waals surface area contributed by atoms with Crippen LogP contribution in [0.4, 0.5) is 30.7 Å². The van der Waals surface area contributed by atoms with Gasteiger partial charge in [0.15, 0.2) is 0 Å². The molecule has 0 amide bonds.